The molecular weight excluding hydrogens is 300 g/mol. The average molecular weight is 324 g/mol. The van der Waals surface area contributed by atoms with Crippen molar-refractivity contribution in [3.8, 4) is 0 Å². The van der Waals surface area contributed by atoms with E-state index < -0.39 is 16.8 Å². The molecule has 0 unspecified atom stereocenters. The number of aldehydes is 1. The van der Waals surface area contributed by atoms with E-state index in [9.17, 15) is 14.7 Å². The number of hydrogen-bond acceptors (Lipinski definition) is 2. The molecule has 0 aliphatic carbocycles. The highest BCUT2D eigenvalue weighted by Gasteiger charge is 2.47. The predicted molar refractivity (Wildman–Crippen MR) is 95.1 cm³/mol. The van der Waals surface area contributed by atoms with Gasteiger partial charge in [0, 0.05) is 11.8 Å². The minimum absolute atomic E-state index is 0.0784. The van der Waals surface area contributed by atoms with Gasteiger partial charge in [-0.25, -0.2) is 0 Å². The van der Waals surface area contributed by atoms with E-state index in [-0.39, 0.29) is 12.8 Å². The number of aliphatic carboxylic acids is 1. The van der Waals surface area contributed by atoms with Crippen molar-refractivity contribution in [2.75, 3.05) is 0 Å². The molecule has 0 aromatic heterocycles. The van der Waals surface area contributed by atoms with Crippen LogP contribution in [0.15, 0.2) is 54.6 Å². The van der Waals surface area contributed by atoms with Gasteiger partial charge in [0.15, 0.2) is 0 Å². The zero-order chi connectivity index (χ0) is 17.8. The highest BCUT2D eigenvalue weighted by molar-refractivity contribution is 5.70. The third-order valence-corrected chi connectivity index (χ3v) is 5.26. The van der Waals surface area contributed by atoms with E-state index in [4.69, 9.17) is 0 Å². The van der Waals surface area contributed by atoms with Crippen LogP contribution in [0.25, 0.3) is 0 Å². The maximum absolute atomic E-state index is 11.5. The van der Waals surface area contributed by atoms with Gasteiger partial charge in [0.1, 0.15) is 6.29 Å². The smallest absolute Gasteiger partial charge is 0.303 e. The molecular formula is C21H24O3. The summed E-state index contributed by atoms with van der Waals surface area (Å²) in [6.45, 7) is 5.95. The third-order valence-electron chi connectivity index (χ3n) is 5.26. The molecule has 0 amide bonds. The number of carbonyl (C=O) groups is 2. The highest BCUT2D eigenvalue weighted by atomic mass is 16.4. The summed E-state index contributed by atoms with van der Waals surface area (Å²) >= 11 is 0. The van der Waals surface area contributed by atoms with Crippen molar-refractivity contribution in [2.24, 2.45) is 5.41 Å². The van der Waals surface area contributed by atoms with E-state index in [1.165, 1.54) is 0 Å². The van der Waals surface area contributed by atoms with Crippen molar-refractivity contribution in [1.29, 1.82) is 0 Å². The maximum atomic E-state index is 11.5. The van der Waals surface area contributed by atoms with Gasteiger partial charge < -0.3 is 9.90 Å². The van der Waals surface area contributed by atoms with Gasteiger partial charge in [-0.3, -0.25) is 4.79 Å². The number of benzene rings is 2. The standard InChI is InChI=1S/C21H24O3/c1-16-9-11-18(12-10-16)21(3,17-7-5-4-6-8-17)20(2,13-14-22)15-19(23)24/h4-12,14H,13,15H2,1-3H3,(H,23,24)/t20-,21-/m0/s1. The van der Waals surface area contributed by atoms with E-state index in [0.717, 1.165) is 23.0 Å². The molecule has 0 bridgehead atoms. The van der Waals surface area contributed by atoms with E-state index in [0.29, 0.717) is 0 Å². The van der Waals surface area contributed by atoms with Crippen LogP contribution in [0.3, 0.4) is 0 Å². The molecule has 0 saturated heterocycles. The topological polar surface area (TPSA) is 54.4 Å². The van der Waals surface area contributed by atoms with Crippen molar-refractivity contribution < 1.29 is 14.7 Å². The lowest BCUT2D eigenvalue weighted by Crippen LogP contribution is -2.44. The minimum Gasteiger partial charge on any atom is -0.481 e. The van der Waals surface area contributed by atoms with Gasteiger partial charge >= 0.3 is 5.97 Å². The molecule has 0 saturated carbocycles. The zero-order valence-electron chi connectivity index (χ0n) is 14.5. The summed E-state index contributed by atoms with van der Waals surface area (Å²) in [6.07, 6.45) is 0.932. The molecule has 0 heterocycles. The molecule has 0 aliphatic heterocycles. The van der Waals surface area contributed by atoms with Gasteiger partial charge in [0.25, 0.3) is 0 Å². The largest absolute Gasteiger partial charge is 0.481 e. The van der Waals surface area contributed by atoms with Crippen LogP contribution in [0, 0.1) is 12.3 Å². The summed E-state index contributed by atoms with van der Waals surface area (Å²) in [6, 6.07) is 18.0. The average Bonchev–Trinajstić information content (AvgIpc) is 2.55. The van der Waals surface area contributed by atoms with Gasteiger partial charge in [0.05, 0.1) is 6.42 Å². The van der Waals surface area contributed by atoms with Gasteiger partial charge in [0.2, 0.25) is 0 Å². The summed E-state index contributed by atoms with van der Waals surface area (Å²) in [5.41, 5.74) is 1.84. The Balaban J connectivity index is 2.71. The monoisotopic (exact) mass is 324 g/mol. The zero-order valence-corrected chi connectivity index (χ0v) is 14.5. The highest BCUT2D eigenvalue weighted by Crippen LogP contribution is 2.50. The summed E-state index contributed by atoms with van der Waals surface area (Å²) in [4.78, 5) is 22.9. The van der Waals surface area contributed by atoms with Crippen LogP contribution >= 0.6 is 0 Å². The van der Waals surface area contributed by atoms with E-state index >= 15 is 0 Å². The van der Waals surface area contributed by atoms with Crippen molar-refractivity contribution >= 4 is 12.3 Å². The summed E-state index contributed by atoms with van der Waals surface area (Å²) in [7, 11) is 0. The second-order valence-electron chi connectivity index (χ2n) is 6.86. The molecule has 0 radical (unpaired) electrons. The fourth-order valence-electron chi connectivity index (χ4n) is 3.49. The Labute approximate surface area is 143 Å². The number of hydrogen-bond donors (Lipinski definition) is 1. The maximum Gasteiger partial charge on any atom is 0.303 e. The second kappa shape index (κ2) is 7.00. The van der Waals surface area contributed by atoms with E-state index in [1.807, 2.05) is 75.4 Å². The number of aryl methyl sites for hydroxylation is 1. The normalized spacial score (nSPS) is 16.0. The Morgan fingerprint density at radius 1 is 1.00 bits per heavy atom. The first-order valence-corrected chi connectivity index (χ1v) is 8.11. The first-order chi connectivity index (χ1) is 11.3. The summed E-state index contributed by atoms with van der Waals surface area (Å²) in [5, 5.41) is 9.46. The molecule has 3 nitrogen and oxygen atoms in total. The summed E-state index contributed by atoms with van der Waals surface area (Å²) in [5.74, 6) is -0.895. The van der Waals surface area contributed by atoms with Crippen molar-refractivity contribution in [3.63, 3.8) is 0 Å². The van der Waals surface area contributed by atoms with Crippen LogP contribution in [0.1, 0.15) is 43.4 Å². The Morgan fingerprint density at radius 2 is 1.54 bits per heavy atom. The van der Waals surface area contributed by atoms with Gasteiger partial charge in [-0.05, 0) is 23.5 Å². The molecule has 2 aromatic rings. The van der Waals surface area contributed by atoms with Crippen LogP contribution < -0.4 is 0 Å². The van der Waals surface area contributed by atoms with Gasteiger partial charge in [-0.2, -0.15) is 0 Å². The number of carboxylic acids is 1. The number of rotatable bonds is 7. The SMILES string of the molecule is Cc1ccc([C@](C)(c2ccccc2)[C@@](C)(CC=O)CC(=O)O)cc1. The first kappa shape index (κ1) is 17.9. The molecule has 0 spiro atoms. The van der Waals surface area contributed by atoms with Crippen molar-refractivity contribution in [1.82, 2.24) is 0 Å². The molecule has 126 valence electrons. The van der Waals surface area contributed by atoms with Gasteiger partial charge in [-0.1, -0.05) is 74.0 Å². The lowest BCUT2D eigenvalue weighted by Gasteiger charge is -2.46. The molecule has 0 fully saturated rings. The fraction of sp³-hybridized carbons (Fsp3) is 0.333. The second-order valence-corrected chi connectivity index (χ2v) is 6.86. The van der Waals surface area contributed by atoms with Crippen LogP contribution in [-0.2, 0) is 15.0 Å². The lowest BCUT2D eigenvalue weighted by atomic mass is 9.56. The number of carbonyl (C=O) groups excluding carboxylic acids is 1. The Kier molecular flexibility index (Phi) is 5.23. The molecule has 1 N–H and O–H groups in total. The lowest BCUT2D eigenvalue weighted by molar-refractivity contribution is -0.140. The van der Waals surface area contributed by atoms with Crippen molar-refractivity contribution in [3.05, 3.63) is 71.3 Å². The Morgan fingerprint density at radius 3 is 2.04 bits per heavy atom. The molecule has 0 aliphatic rings. The first-order valence-electron chi connectivity index (χ1n) is 8.11. The fourth-order valence-corrected chi connectivity index (χ4v) is 3.49. The predicted octanol–water partition coefficient (Wildman–Crippen LogP) is 4.37. The van der Waals surface area contributed by atoms with Crippen LogP contribution in [0.4, 0.5) is 0 Å². The van der Waals surface area contributed by atoms with Crippen molar-refractivity contribution in [2.45, 2.75) is 39.0 Å². The quantitative estimate of drug-likeness (QED) is 0.769. The van der Waals surface area contributed by atoms with Crippen LogP contribution in [-0.4, -0.2) is 17.4 Å². The van der Waals surface area contributed by atoms with Gasteiger partial charge in [-0.15, -0.1) is 0 Å². The molecule has 2 atom stereocenters. The van der Waals surface area contributed by atoms with E-state index in [1.54, 1.807) is 0 Å². The molecule has 2 rings (SSSR count). The molecule has 2 aromatic carbocycles. The third kappa shape index (κ3) is 3.25. The Bertz CT molecular complexity index is 706. The van der Waals surface area contributed by atoms with Crippen LogP contribution in [0.5, 0.6) is 0 Å². The molecule has 3 heteroatoms. The number of carboxylic acid groups (broad SMARTS) is 1. The van der Waals surface area contributed by atoms with E-state index in [2.05, 4.69) is 0 Å². The summed E-state index contributed by atoms with van der Waals surface area (Å²) < 4.78 is 0. The minimum atomic E-state index is -0.895. The van der Waals surface area contributed by atoms with Crippen LogP contribution in [0.2, 0.25) is 0 Å². The molecule has 24 heavy (non-hydrogen) atoms. The Hall–Kier alpha value is -2.42.